The molecule has 1 aromatic rings. The number of hydrogen-bond donors (Lipinski definition) is 1. The number of phenols is 1. The van der Waals surface area contributed by atoms with Gasteiger partial charge in [0.2, 0.25) is 0 Å². The number of carbonyl (C=O) groups is 1. The van der Waals surface area contributed by atoms with Crippen LogP contribution in [-0.2, 0) is 11.2 Å². The lowest BCUT2D eigenvalue weighted by atomic mass is 9.73. The molecule has 1 aromatic carbocycles. The van der Waals surface area contributed by atoms with Crippen molar-refractivity contribution >= 4 is 6.16 Å². The van der Waals surface area contributed by atoms with Gasteiger partial charge in [-0.15, -0.1) is 0 Å². The van der Waals surface area contributed by atoms with Crippen LogP contribution >= 0.6 is 0 Å². The molecular weight excluding hydrogens is 426 g/mol. The Labute approximate surface area is 205 Å². The lowest BCUT2D eigenvalue weighted by Crippen LogP contribution is -2.32. The molecule has 5 heteroatoms. The molecule has 34 heavy (non-hydrogen) atoms. The smallest absolute Gasteiger partial charge is 0.507 e. The topological polar surface area (TPSA) is 58.8 Å². The van der Waals surface area contributed by atoms with E-state index < -0.39 is 11.8 Å². The minimum absolute atomic E-state index is 0.0909. The van der Waals surface area contributed by atoms with Gasteiger partial charge in [0.15, 0.2) is 0 Å². The van der Waals surface area contributed by atoms with Crippen LogP contribution in [0.25, 0.3) is 0 Å². The second kappa shape index (κ2) is 11.0. The predicted molar refractivity (Wildman–Crippen MR) is 138 cm³/mol. The molecule has 0 amide bonds. The van der Waals surface area contributed by atoms with E-state index in [1.807, 2.05) is 32.9 Å². The fourth-order valence-electron chi connectivity index (χ4n) is 5.17. The number of aryl methyl sites for hydroxylation is 1. The number of likely N-dealkylation sites (N-methyl/N-ethyl adjacent to an activating group) is 1. The van der Waals surface area contributed by atoms with Crippen molar-refractivity contribution in [1.82, 2.24) is 4.90 Å². The SMILES string of the molecule is C=C(C)[C@@H]1CCC(C)=C[C@H]1c1c(O)cc(CCCCC)cc1OC(=O)OC(C)(C)CC1CN1C. The molecule has 0 spiro atoms. The maximum Gasteiger partial charge on any atom is 0.514 e. The van der Waals surface area contributed by atoms with E-state index in [-0.39, 0.29) is 17.6 Å². The van der Waals surface area contributed by atoms with E-state index >= 15 is 0 Å². The number of aromatic hydroxyl groups is 1. The molecule has 0 aromatic heterocycles. The van der Waals surface area contributed by atoms with E-state index in [1.54, 1.807) is 0 Å². The highest BCUT2D eigenvalue weighted by atomic mass is 16.7. The monoisotopic (exact) mass is 469 g/mol. The Morgan fingerprint density at radius 2 is 2.00 bits per heavy atom. The van der Waals surface area contributed by atoms with Crippen molar-refractivity contribution in [3.8, 4) is 11.5 Å². The zero-order valence-electron chi connectivity index (χ0n) is 21.9. The van der Waals surface area contributed by atoms with Gasteiger partial charge < -0.3 is 19.5 Å². The molecule has 2 aliphatic rings. The van der Waals surface area contributed by atoms with Crippen LogP contribution in [0.2, 0.25) is 0 Å². The molecule has 1 saturated heterocycles. The van der Waals surface area contributed by atoms with Crippen molar-refractivity contribution < 1.29 is 19.4 Å². The first-order chi connectivity index (χ1) is 16.0. The van der Waals surface area contributed by atoms with Crippen molar-refractivity contribution in [2.24, 2.45) is 5.92 Å². The molecule has 188 valence electrons. The van der Waals surface area contributed by atoms with Crippen LogP contribution in [0.4, 0.5) is 4.79 Å². The van der Waals surface area contributed by atoms with E-state index in [2.05, 4.69) is 38.5 Å². The first-order valence-electron chi connectivity index (χ1n) is 12.8. The second-order valence-corrected chi connectivity index (χ2v) is 11.0. The van der Waals surface area contributed by atoms with Gasteiger partial charge in [0.05, 0.1) is 0 Å². The third-order valence-electron chi connectivity index (χ3n) is 7.23. The second-order valence-electron chi connectivity index (χ2n) is 11.0. The average Bonchev–Trinajstić information content (AvgIpc) is 3.40. The highest BCUT2D eigenvalue weighted by Gasteiger charge is 2.38. The number of ether oxygens (including phenoxy) is 2. The number of benzene rings is 1. The average molecular weight is 470 g/mol. The largest absolute Gasteiger partial charge is 0.514 e. The van der Waals surface area contributed by atoms with Gasteiger partial charge >= 0.3 is 6.16 Å². The first kappa shape index (κ1) is 26.3. The van der Waals surface area contributed by atoms with Crippen LogP contribution in [0.15, 0.2) is 35.9 Å². The molecule has 0 saturated carbocycles. The summed E-state index contributed by atoms with van der Waals surface area (Å²) in [5, 5.41) is 11.2. The summed E-state index contributed by atoms with van der Waals surface area (Å²) in [7, 11) is 2.07. The molecule has 3 rings (SSSR count). The van der Waals surface area contributed by atoms with Gasteiger partial charge in [-0.05, 0) is 84.0 Å². The Hall–Kier alpha value is -2.27. The van der Waals surface area contributed by atoms with Gasteiger partial charge in [-0.1, -0.05) is 43.6 Å². The molecule has 2 unspecified atom stereocenters. The maximum atomic E-state index is 12.9. The van der Waals surface area contributed by atoms with Crippen LogP contribution in [0.3, 0.4) is 0 Å². The van der Waals surface area contributed by atoms with Crippen LogP contribution < -0.4 is 4.74 Å². The number of hydrogen-bond acceptors (Lipinski definition) is 5. The summed E-state index contributed by atoms with van der Waals surface area (Å²) in [6.45, 7) is 15.4. The molecule has 1 heterocycles. The Balaban J connectivity index is 1.91. The number of allylic oxidation sites excluding steroid dienone is 3. The van der Waals surface area contributed by atoms with Gasteiger partial charge in [0.1, 0.15) is 17.1 Å². The Bertz CT molecular complexity index is 932. The van der Waals surface area contributed by atoms with E-state index in [9.17, 15) is 9.90 Å². The molecule has 5 nitrogen and oxygen atoms in total. The lowest BCUT2D eigenvalue weighted by Gasteiger charge is -2.32. The highest BCUT2D eigenvalue weighted by Crippen LogP contribution is 2.47. The van der Waals surface area contributed by atoms with Gasteiger partial charge in [-0.2, -0.15) is 0 Å². The zero-order valence-corrected chi connectivity index (χ0v) is 21.9. The number of nitrogens with zero attached hydrogens (tertiary/aromatic N) is 1. The Morgan fingerprint density at radius 3 is 2.62 bits per heavy atom. The van der Waals surface area contributed by atoms with Crippen LogP contribution in [0.5, 0.6) is 11.5 Å². The summed E-state index contributed by atoms with van der Waals surface area (Å²) in [4.78, 5) is 15.2. The fraction of sp³-hybridized carbons (Fsp3) is 0.621. The van der Waals surface area contributed by atoms with Crippen molar-refractivity contribution in [2.45, 2.75) is 97.1 Å². The lowest BCUT2D eigenvalue weighted by molar-refractivity contribution is 0.00254. The van der Waals surface area contributed by atoms with Crippen LogP contribution in [-0.4, -0.2) is 41.4 Å². The minimum atomic E-state index is -0.719. The van der Waals surface area contributed by atoms with Crippen LogP contribution in [0.1, 0.15) is 90.2 Å². The zero-order chi connectivity index (χ0) is 25.0. The number of rotatable bonds is 10. The molecule has 1 fully saturated rings. The Kier molecular flexibility index (Phi) is 8.51. The molecule has 1 aliphatic heterocycles. The van der Waals surface area contributed by atoms with Gasteiger partial charge in [-0.3, -0.25) is 0 Å². The summed E-state index contributed by atoms with van der Waals surface area (Å²) in [6, 6.07) is 4.19. The highest BCUT2D eigenvalue weighted by molar-refractivity contribution is 5.67. The molecule has 0 radical (unpaired) electrons. The molecule has 4 atom stereocenters. The van der Waals surface area contributed by atoms with E-state index in [0.29, 0.717) is 17.4 Å². The quantitative estimate of drug-likeness (QED) is 0.130. The fourth-order valence-corrected chi connectivity index (χ4v) is 5.17. The van der Waals surface area contributed by atoms with Crippen molar-refractivity contribution in [2.75, 3.05) is 13.6 Å². The van der Waals surface area contributed by atoms with Crippen molar-refractivity contribution in [3.05, 3.63) is 47.1 Å². The maximum absolute atomic E-state index is 12.9. The standard InChI is InChI=1S/C29H43NO4/c1-8-9-10-11-21-15-25(31)27(24-14-20(4)12-13-23(24)19(2)3)26(16-21)33-28(32)34-29(5,6)17-22-18-30(22)7/h14-16,22-24,31H,2,8-13,17-18H2,1,3-7H3/t22?,23-,24+,30?/m0/s1. The minimum Gasteiger partial charge on any atom is -0.507 e. The third kappa shape index (κ3) is 6.88. The molecule has 1 aliphatic carbocycles. The molecular formula is C29H43NO4. The van der Waals surface area contributed by atoms with Gasteiger partial charge in [0.25, 0.3) is 0 Å². The van der Waals surface area contributed by atoms with E-state index in [1.165, 1.54) is 5.57 Å². The Morgan fingerprint density at radius 1 is 1.29 bits per heavy atom. The summed E-state index contributed by atoms with van der Waals surface area (Å²) >= 11 is 0. The number of unbranched alkanes of at least 4 members (excludes halogenated alkanes) is 2. The van der Waals surface area contributed by atoms with Gasteiger partial charge in [-0.25, -0.2) is 4.79 Å². The van der Waals surface area contributed by atoms with Gasteiger partial charge in [0, 0.05) is 30.5 Å². The van der Waals surface area contributed by atoms with Crippen LogP contribution in [0, 0.1) is 5.92 Å². The molecule has 1 N–H and O–H groups in total. The van der Waals surface area contributed by atoms with Crippen molar-refractivity contribution in [3.63, 3.8) is 0 Å². The molecule has 0 bridgehead atoms. The number of phenolic OH excluding ortho intramolecular Hbond substituents is 1. The van der Waals surface area contributed by atoms with E-state index in [0.717, 1.165) is 62.6 Å². The summed E-state index contributed by atoms with van der Waals surface area (Å²) in [5.41, 5.74) is 3.35. The predicted octanol–water partition coefficient (Wildman–Crippen LogP) is 7.14. The normalized spacial score (nSPS) is 24.4. The first-order valence-corrected chi connectivity index (χ1v) is 12.8. The summed E-state index contributed by atoms with van der Waals surface area (Å²) < 4.78 is 11.6. The third-order valence-corrected chi connectivity index (χ3v) is 7.23. The summed E-state index contributed by atoms with van der Waals surface area (Å²) in [5.74, 6) is 0.670. The number of carbonyl (C=O) groups excluding carboxylic acids is 1. The summed E-state index contributed by atoms with van der Waals surface area (Å²) in [6.07, 6.45) is 8.30. The van der Waals surface area contributed by atoms with E-state index in [4.69, 9.17) is 9.47 Å². The van der Waals surface area contributed by atoms with Crippen molar-refractivity contribution in [1.29, 1.82) is 0 Å².